The summed E-state index contributed by atoms with van der Waals surface area (Å²) in [6.45, 7) is -2.93. The summed E-state index contributed by atoms with van der Waals surface area (Å²) in [4.78, 5) is 16.3. The van der Waals surface area contributed by atoms with Crippen LogP contribution in [0.25, 0.3) is 6.08 Å². The van der Waals surface area contributed by atoms with Crippen LogP contribution in [0.1, 0.15) is 30.0 Å². The van der Waals surface area contributed by atoms with Crippen LogP contribution in [0.15, 0.2) is 29.7 Å². The van der Waals surface area contributed by atoms with Crippen LogP contribution in [-0.2, 0) is 4.79 Å². The van der Waals surface area contributed by atoms with Crippen molar-refractivity contribution >= 4 is 28.5 Å². The normalized spacial score (nSPS) is 14.1. The zero-order valence-corrected chi connectivity index (χ0v) is 14.2. The van der Waals surface area contributed by atoms with E-state index < -0.39 is 6.61 Å². The largest absolute Gasteiger partial charge is 0.493 e. The molecule has 0 aliphatic heterocycles. The molecule has 0 unspecified atom stereocenters. The van der Waals surface area contributed by atoms with E-state index in [4.69, 9.17) is 4.74 Å². The molecule has 1 aliphatic carbocycles. The molecule has 1 N–H and O–H groups in total. The fourth-order valence-corrected chi connectivity index (χ4v) is 3.01. The molecular formula is C17H16F2N2O3S. The molecule has 0 atom stereocenters. The van der Waals surface area contributed by atoms with Gasteiger partial charge >= 0.3 is 6.61 Å². The molecule has 0 saturated heterocycles. The highest BCUT2D eigenvalue weighted by molar-refractivity contribution is 7.14. The number of nitrogens with one attached hydrogen (secondary N) is 1. The number of methoxy groups -OCH3 is 1. The summed E-state index contributed by atoms with van der Waals surface area (Å²) >= 11 is 1.40. The first kappa shape index (κ1) is 17.3. The molecule has 0 radical (unpaired) electrons. The van der Waals surface area contributed by atoms with E-state index in [-0.39, 0.29) is 17.4 Å². The van der Waals surface area contributed by atoms with Gasteiger partial charge in [-0.3, -0.25) is 10.1 Å². The van der Waals surface area contributed by atoms with Crippen molar-refractivity contribution in [3.05, 3.63) is 40.9 Å². The fraction of sp³-hybridized carbons (Fsp3) is 0.294. The molecule has 5 nitrogen and oxygen atoms in total. The third kappa shape index (κ3) is 4.76. The molecule has 3 rings (SSSR count). The van der Waals surface area contributed by atoms with Gasteiger partial charge in [0, 0.05) is 17.4 Å². The van der Waals surface area contributed by atoms with E-state index in [1.165, 1.54) is 36.7 Å². The van der Waals surface area contributed by atoms with Crippen molar-refractivity contribution in [3.8, 4) is 11.5 Å². The Kier molecular flexibility index (Phi) is 5.28. The molecular weight excluding hydrogens is 350 g/mol. The van der Waals surface area contributed by atoms with Crippen LogP contribution in [0.4, 0.5) is 13.9 Å². The number of amides is 1. The van der Waals surface area contributed by atoms with Crippen LogP contribution < -0.4 is 14.8 Å². The predicted octanol–water partition coefficient (Wildman–Crippen LogP) is 4.28. The molecule has 1 fully saturated rings. The van der Waals surface area contributed by atoms with E-state index in [0.717, 1.165) is 18.5 Å². The van der Waals surface area contributed by atoms with Gasteiger partial charge in [0.25, 0.3) is 0 Å². The van der Waals surface area contributed by atoms with Crippen molar-refractivity contribution in [1.82, 2.24) is 4.98 Å². The zero-order chi connectivity index (χ0) is 17.8. The van der Waals surface area contributed by atoms with E-state index in [1.807, 2.05) is 5.38 Å². The lowest BCUT2D eigenvalue weighted by molar-refractivity contribution is -0.111. The molecule has 132 valence electrons. The van der Waals surface area contributed by atoms with E-state index >= 15 is 0 Å². The SMILES string of the molecule is COc1cc(/C=C\C(=O)Nc2nc(C3CC3)cs2)ccc1OC(F)F. The minimum atomic E-state index is -2.93. The Morgan fingerprint density at radius 2 is 2.20 bits per heavy atom. The van der Waals surface area contributed by atoms with E-state index in [2.05, 4.69) is 15.0 Å². The summed E-state index contributed by atoms with van der Waals surface area (Å²) in [6.07, 6.45) is 5.22. The quantitative estimate of drug-likeness (QED) is 0.743. The number of anilines is 1. The molecule has 1 aliphatic rings. The van der Waals surface area contributed by atoms with Gasteiger partial charge < -0.3 is 9.47 Å². The van der Waals surface area contributed by atoms with Gasteiger partial charge in [0.1, 0.15) is 0 Å². The Hall–Kier alpha value is -2.48. The highest BCUT2D eigenvalue weighted by Gasteiger charge is 2.26. The van der Waals surface area contributed by atoms with Crippen molar-refractivity contribution in [1.29, 1.82) is 0 Å². The minimum Gasteiger partial charge on any atom is -0.493 e. The summed E-state index contributed by atoms with van der Waals surface area (Å²) in [7, 11) is 1.35. The minimum absolute atomic E-state index is 0.0607. The Morgan fingerprint density at radius 3 is 2.88 bits per heavy atom. The number of benzene rings is 1. The standard InChI is InChI=1S/C17H16F2N2O3S/c1-23-14-8-10(2-6-13(14)24-16(18)19)3-7-15(22)21-17-20-12(9-25-17)11-4-5-11/h2-3,6-9,11,16H,4-5H2,1H3,(H,20,21,22)/b7-3-. The summed E-state index contributed by atoms with van der Waals surface area (Å²) < 4.78 is 34.0. The first-order chi connectivity index (χ1) is 12.0. The maximum absolute atomic E-state index is 12.3. The maximum atomic E-state index is 12.3. The molecule has 25 heavy (non-hydrogen) atoms. The molecule has 2 aromatic rings. The number of hydrogen-bond acceptors (Lipinski definition) is 5. The Bertz CT molecular complexity index is 788. The maximum Gasteiger partial charge on any atom is 0.387 e. The zero-order valence-electron chi connectivity index (χ0n) is 13.4. The molecule has 1 aromatic carbocycles. The molecule has 0 spiro atoms. The Balaban J connectivity index is 1.62. The third-order valence-electron chi connectivity index (χ3n) is 3.58. The number of ether oxygens (including phenoxy) is 2. The summed E-state index contributed by atoms with van der Waals surface area (Å²) in [6, 6.07) is 4.43. The average molecular weight is 366 g/mol. The number of rotatable bonds is 7. The molecule has 1 saturated carbocycles. The number of carbonyl (C=O) groups excluding carboxylic acids is 1. The van der Waals surface area contributed by atoms with Crippen LogP contribution in [0.2, 0.25) is 0 Å². The first-order valence-electron chi connectivity index (χ1n) is 7.62. The van der Waals surface area contributed by atoms with Crippen molar-refractivity contribution in [2.45, 2.75) is 25.4 Å². The van der Waals surface area contributed by atoms with Crippen molar-refractivity contribution in [3.63, 3.8) is 0 Å². The van der Waals surface area contributed by atoms with Crippen molar-refractivity contribution in [2.24, 2.45) is 0 Å². The number of halogens is 2. The predicted molar refractivity (Wildman–Crippen MR) is 91.4 cm³/mol. The van der Waals surface area contributed by atoms with Gasteiger partial charge in [0.15, 0.2) is 16.6 Å². The van der Waals surface area contributed by atoms with Crippen LogP contribution >= 0.6 is 11.3 Å². The Morgan fingerprint density at radius 1 is 1.40 bits per heavy atom. The lowest BCUT2D eigenvalue weighted by Crippen LogP contribution is -2.07. The van der Waals surface area contributed by atoms with Gasteiger partial charge in [0.05, 0.1) is 12.8 Å². The van der Waals surface area contributed by atoms with E-state index in [1.54, 1.807) is 12.1 Å². The lowest BCUT2D eigenvalue weighted by Gasteiger charge is -2.10. The van der Waals surface area contributed by atoms with Gasteiger partial charge in [-0.1, -0.05) is 6.07 Å². The van der Waals surface area contributed by atoms with Gasteiger partial charge in [0.2, 0.25) is 5.91 Å². The second-order valence-corrected chi connectivity index (χ2v) is 6.32. The first-order valence-corrected chi connectivity index (χ1v) is 8.50. The Labute approximate surface area is 147 Å². The molecule has 1 amide bonds. The van der Waals surface area contributed by atoms with Crippen LogP contribution in [0.3, 0.4) is 0 Å². The van der Waals surface area contributed by atoms with Crippen LogP contribution in [-0.4, -0.2) is 24.6 Å². The van der Waals surface area contributed by atoms with Gasteiger partial charge in [-0.2, -0.15) is 8.78 Å². The van der Waals surface area contributed by atoms with Crippen LogP contribution in [0, 0.1) is 0 Å². The van der Waals surface area contributed by atoms with Gasteiger partial charge in [-0.25, -0.2) is 4.98 Å². The molecule has 1 aromatic heterocycles. The van der Waals surface area contributed by atoms with Gasteiger partial charge in [-0.15, -0.1) is 11.3 Å². The van der Waals surface area contributed by atoms with Gasteiger partial charge in [-0.05, 0) is 36.6 Å². The number of nitrogens with zero attached hydrogens (tertiary/aromatic N) is 1. The third-order valence-corrected chi connectivity index (χ3v) is 4.35. The number of hydrogen-bond donors (Lipinski definition) is 1. The van der Waals surface area contributed by atoms with E-state index in [9.17, 15) is 13.6 Å². The highest BCUT2D eigenvalue weighted by Crippen LogP contribution is 2.40. The van der Waals surface area contributed by atoms with Crippen molar-refractivity contribution < 1.29 is 23.0 Å². The number of carbonyl (C=O) groups is 1. The number of thiazole rings is 1. The average Bonchev–Trinajstić information content (AvgIpc) is 3.33. The number of alkyl halides is 2. The highest BCUT2D eigenvalue weighted by atomic mass is 32.1. The smallest absolute Gasteiger partial charge is 0.387 e. The number of aromatic nitrogens is 1. The van der Waals surface area contributed by atoms with Crippen LogP contribution in [0.5, 0.6) is 11.5 Å². The summed E-state index contributed by atoms with van der Waals surface area (Å²) in [5, 5.41) is 5.23. The molecule has 8 heteroatoms. The summed E-state index contributed by atoms with van der Waals surface area (Å²) in [5.74, 6) is 0.328. The van der Waals surface area contributed by atoms with Crippen molar-refractivity contribution in [2.75, 3.05) is 12.4 Å². The molecule has 1 heterocycles. The lowest BCUT2D eigenvalue weighted by atomic mass is 10.2. The topological polar surface area (TPSA) is 60.5 Å². The monoisotopic (exact) mass is 366 g/mol. The molecule has 0 bridgehead atoms. The second-order valence-electron chi connectivity index (χ2n) is 5.46. The second kappa shape index (κ2) is 7.60. The summed E-state index contributed by atoms with van der Waals surface area (Å²) in [5.41, 5.74) is 1.65. The van der Waals surface area contributed by atoms with E-state index in [0.29, 0.717) is 16.6 Å². The fourth-order valence-electron chi connectivity index (χ4n) is 2.21.